The van der Waals surface area contributed by atoms with Crippen molar-refractivity contribution >= 4 is 15.9 Å². The van der Waals surface area contributed by atoms with Gasteiger partial charge in [0.15, 0.2) is 0 Å². The Morgan fingerprint density at radius 3 is 2.79 bits per heavy atom. The highest BCUT2D eigenvalue weighted by Gasteiger charge is 2.00. The van der Waals surface area contributed by atoms with Crippen molar-refractivity contribution in [3.63, 3.8) is 0 Å². The van der Waals surface area contributed by atoms with Crippen LogP contribution in [0, 0.1) is 0 Å². The lowest BCUT2D eigenvalue weighted by atomic mass is 10.2. The summed E-state index contributed by atoms with van der Waals surface area (Å²) in [6.07, 6.45) is 2.01. The molecule has 5 heteroatoms. The number of nitrogens with zero attached hydrogens (tertiary/aromatic N) is 2. The number of benzene rings is 1. The van der Waals surface area contributed by atoms with E-state index in [0.29, 0.717) is 0 Å². The highest BCUT2D eigenvalue weighted by molar-refractivity contribution is 9.10. The molecule has 0 fully saturated rings. The third kappa shape index (κ3) is 4.78. The number of halogens is 1. The van der Waals surface area contributed by atoms with Crippen LogP contribution >= 0.6 is 15.9 Å². The van der Waals surface area contributed by atoms with Crippen molar-refractivity contribution in [3.05, 3.63) is 52.3 Å². The lowest BCUT2D eigenvalue weighted by Gasteiger charge is -2.03. The number of hydrogen-bond donors (Lipinski definition) is 1. The number of rotatable bonds is 7. The second-order valence-electron chi connectivity index (χ2n) is 4.30. The Morgan fingerprint density at radius 2 is 2.05 bits per heavy atom. The van der Waals surface area contributed by atoms with Crippen molar-refractivity contribution in [2.75, 3.05) is 20.3 Å². The van der Waals surface area contributed by atoms with Crippen LogP contribution in [0.3, 0.4) is 0 Å². The van der Waals surface area contributed by atoms with E-state index < -0.39 is 0 Å². The fraction of sp³-hybridized carbons (Fsp3) is 0.357. The van der Waals surface area contributed by atoms with Gasteiger partial charge in [-0.15, -0.1) is 0 Å². The minimum Gasteiger partial charge on any atom is -0.383 e. The first-order valence-electron chi connectivity index (χ1n) is 6.24. The lowest BCUT2D eigenvalue weighted by Crippen LogP contribution is -2.19. The maximum Gasteiger partial charge on any atom is 0.0762 e. The van der Waals surface area contributed by atoms with Gasteiger partial charge in [-0.05, 0) is 23.8 Å². The van der Waals surface area contributed by atoms with Crippen LogP contribution < -0.4 is 5.32 Å². The number of hydrogen-bond acceptors (Lipinski definition) is 3. The molecule has 0 saturated heterocycles. The van der Waals surface area contributed by atoms with Crippen molar-refractivity contribution in [2.24, 2.45) is 0 Å². The van der Waals surface area contributed by atoms with Crippen molar-refractivity contribution in [3.8, 4) is 0 Å². The summed E-state index contributed by atoms with van der Waals surface area (Å²) in [4.78, 5) is 0. The number of aromatic nitrogens is 2. The molecule has 0 amide bonds. The summed E-state index contributed by atoms with van der Waals surface area (Å²) in [5.74, 6) is 0. The number of ether oxygens (including phenoxy) is 1. The molecule has 0 atom stereocenters. The molecule has 0 spiro atoms. The van der Waals surface area contributed by atoms with Gasteiger partial charge in [-0.25, -0.2) is 0 Å². The molecule has 102 valence electrons. The third-order valence-corrected chi connectivity index (χ3v) is 3.27. The predicted molar refractivity (Wildman–Crippen MR) is 79.1 cm³/mol. The monoisotopic (exact) mass is 323 g/mol. The fourth-order valence-electron chi connectivity index (χ4n) is 1.75. The molecule has 0 aliphatic carbocycles. The molecule has 1 N–H and O–H groups in total. The largest absolute Gasteiger partial charge is 0.383 e. The average molecular weight is 324 g/mol. The minimum absolute atomic E-state index is 0.722. The predicted octanol–water partition coefficient (Wildman–Crippen LogP) is 2.43. The van der Waals surface area contributed by atoms with Gasteiger partial charge in [-0.3, -0.25) is 4.68 Å². The smallest absolute Gasteiger partial charge is 0.0762 e. The second-order valence-corrected chi connectivity index (χ2v) is 5.22. The van der Waals surface area contributed by atoms with Crippen molar-refractivity contribution < 1.29 is 4.74 Å². The summed E-state index contributed by atoms with van der Waals surface area (Å²) < 4.78 is 8.03. The summed E-state index contributed by atoms with van der Waals surface area (Å²) >= 11 is 3.44. The molecule has 0 saturated carbocycles. The Bertz CT molecular complexity index is 496. The molecule has 0 bridgehead atoms. The van der Waals surface area contributed by atoms with Gasteiger partial charge in [0.2, 0.25) is 0 Å². The minimum atomic E-state index is 0.722. The van der Waals surface area contributed by atoms with Gasteiger partial charge < -0.3 is 10.1 Å². The zero-order valence-corrected chi connectivity index (χ0v) is 12.6. The summed E-state index contributed by atoms with van der Waals surface area (Å²) in [6, 6.07) is 10.3. The Morgan fingerprint density at radius 1 is 1.26 bits per heavy atom. The van der Waals surface area contributed by atoms with Crippen molar-refractivity contribution in [1.82, 2.24) is 15.1 Å². The molecule has 0 aliphatic heterocycles. The first-order valence-corrected chi connectivity index (χ1v) is 7.03. The van der Waals surface area contributed by atoms with Gasteiger partial charge in [0.1, 0.15) is 0 Å². The topological polar surface area (TPSA) is 39.1 Å². The Hall–Kier alpha value is -1.17. The van der Waals surface area contributed by atoms with E-state index >= 15 is 0 Å². The van der Waals surface area contributed by atoms with Crippen LogP contribution in [-0.2, 0) is 17.8 Å². The molecule has 0 radical (unpaired) electrons. The molecule has 2 rings (SSSR count). The zero-order valence-electron chi connectivity index (χ0n) is 11.0. The van der Waals surface area contributed by atoms with Gasteiger partial charge >= 0.3 is 0 Å². The van der Waals surface area contributed by atoms with Crippen LogP contribution in [0.25, 0.3) is 0 Å². The van der Waals surface area contributed by atoms with E-state index in [1.807, 2.05) is 29.1 Å². The maximum absolute atomic E-state index is 4.98. The Kier molecular flexibility index (Phi) is 5.57. The van der Waals surface area contributed by atoms with Crippen LogP contribution in [0.15, 0.2) is 41.0 Å². The average Bonchev–Trinajstić information content (AvgIpc) is 2.85. The molecular formula is C14H18BrN3O. The van der Waals surface area contributed by atoms with Crippen LogP contribution in [0.1, 0.15) is 11.3 Å². The molecule has 0 unspecified atom stereocenters. The van der Waals surface area contributed by atoms with E-state index in [4.69, 9.17) is 4.74 Å². The molecule has 0 aliphatic rings. The molecular weight excluding hydrogens is 306 g/mol. The maximum atomic E-state index is 4.98. The van der Waals surface area contributed by atoms with Crippen LogP contribution in [0.5, 0.6) is 0 Å². The summed E-state index contributed by atoms with van der Waals surface area (Å²) in [5.41, 5.74) is 2.29. The van der Waals surface area contributed by atoms with E-state index in [0.717, 1.165) is 36.4 Å². The SMILES string of the molecule is COCCNCc1ccn(Cc2ccc(Br)cc2)n1. The molecule has 1 aromatic heterocycles. The van der Waals surface area contributed by atoms with Crippen LogP contribution in [0.2, 0.25) is 0 Å². The van der Waals surface area contributed by atoms with Crippen molar-refractivity contribution in [2.45, 2.75) is 13.1 Å². The fourth-order valence-corrected chi connectivity index (χ4v) is 2.02. The second kappa shape index (κ2) is 7.43. The quantitative estimate of drug-likeness (QED) is 0.795. The van der Waals surface area contributed by atoms with E-state index in [2.05, 4.69) is 38.5 Å². The molecule has 1 heterocycles. The number of nitrogens with one attached hydrogen (secondary N) is 1. The van der Waals surface area contributed by atoms with E-state index in [9.17, 15) is 0 Å². The lowest BCUT2D eigenvalue weighted by molar-refractivity contribution is 0.199. The first kappa shape index (κ1) is 14.2. The number of methoxy groups -OCH3 is 1. The highest BCUT2D eigenvalue weighted by Crippen LogP contribution is 2.11. The molecule has 4 nitrogen and oxygen atoms in total. The van der Waals surface area contributed by atoms with E-state index in [-0.39, 0.29) is 0 Å². The van der Waals surface area contributed by atoms with Crippen LogP contribution in [-0.4, -0.2) is 30.0 Å². The van der Waals surface area contributed by atoms with Gasteiger partial charge in [-0.2, -0.15) is 5.10 Å². The standard InChI is InChI=1S/C14H18BrN3O/c1-19-9-7-16-10-14-6-8-18(17-14)11-12-2-4-13(15)5-3-12/h2-6,8,16H,7,9-11H2,1H3. The highest BCUT2D eigenvalue weighted by atomic mass is 79.9. The van der Waals surface area contributed by atoms with E-state index in [1.165, 1.54) is 5.56 Å². The van der Waals surface area contributed by atoms with Gasteiger partial charge in [-0.1, -0.05) is 28.1 Å². The van der Waals surface area contributed by atoms with Gasteiger partial charge in [0.05, 0.1) is 18.8 Å². The molecule has 19 heavy (non-hydrogen) atoms. The normalized spacial score (nSPS) is 10.8. The van der Waals surface area contributed by atoms with E-state index in [1.54, 1.807) is 7.11 Å². The summed E-state index contributed by atoms with van der Waals surface area (Å²) in [6.45, 7) is 3.14. The molecule has 1 aromatic carbocycles. The summed E-state index contributed by atoms with van der Waals surface area (Å²) in [7, 11) is 1.70. The first-order chi connectivity index (χ1) is 9.28. The Balaban J connectivity index is 1.85. The molecule has 2 aromatic rings. The van der Waals surface area contributed by atoms with Gasteiger partial charge in [0, 0.05) is 30.9 Å². The van der Waals surface area contributed by atoms with Crippen LogP contribution in [0.4, 0.5) is 0 Å². The van der Waals surface area contributed by atoms with Gasteiger partial charge in [0.25, 0.3) is 0 Å². The Labute approximate surface area is 121 Å². The summed E-state index contributed by atoms with van der Waals surface area (Å²) in [5, 5.41) is 7.81. The van der Waals surface area contributed by atoms with Crippen molar-refractivity contribution in [1.29, 1.82) is 0 Å². The third-order valence-electron chi connectivity index (χ3n) is 2.74. The zero-order chi connectivity index (χ0) is 13.5.